The Morgan fingerprint density at radius 3 is 2.40 bits per heavy atom. The van der Waals surface area contributed by atoms with E-state index in [2.05, 4.69) is 4.74 Å². The summed E-state index contributed by atoms with van der Waals surface area (Å²) in [7, 11) is 1.26. The molecule has 0 aromatic carbocycles. The van der Waals surface area contributed by atoms with E-state index in [1.165, 1.54) is 13.2 Å². The van der Waals surface area contributed by atoms with Gasteiger partial charge in [-0.05, 0) is 45.9 Å². The van der Waals surface area contributed by atoms with Crippen LogP contribution in [0.1, 0.15) is 38.7 Å². The van der Waals surface area contributed by atoms with Crippen molar-refractivity contribution in [3.05, 3.63) is 29.2 Å². The van der Waals surface area contributed by atoms with Crippen LogP contribution in [-0.2, 0) is 19.1 Å². The molecule has 0 saturated carbocycles. The van der Waals surface area contributed by atoms with Crippen molar-refractivity contribution in [2.45, 2.75) is 39.7 Å². The fraction of sp³-hybridized carbons (Fsp3) is 0.467. The second kappa shape index (κ2) is 6.41. The number of carbonyl (C=O) groups is 2. The first-order chi connectivity index (χ1) is 9.21. The van der Waals surface area contributed by atoms with Gasteiger partial charge < -0.3 is 13.9 Å². The van der Waals surface area contributed by atoms with Gasteiger partial charge in [-0.1, -0.05) is 0 Å². The van der Waals surface area contributed by atoms with Crippen LogP contribution < -0.4 is 0 Å². The van der Waals surface area contributed by atoms with Gasteiger partial charge in [0.15, 0.2) is 0 Å². The van der Waals surface area contributed by atoms with Crippen LogP contribution in [0.25, 0.3) is 6.08 Å². The molecule has 0 amide bonds. The quantitative estimate of drug-likeness (QED) is 0.626. The minimum absolute atomic E-state index is 0.163. The van der Waals surface area contributed by atoms with E-state index in [1.807, 2.05) is 0 Å². The van der Waals surface area contributed by atoms with Gasteiger partial charge in [-0.3, -0.25) is 4.79 Å². The van der Waals surface area contributed by atoms with Gasteiger partial charge in [0.05, 0.1) is 19.1 Å². The summed E-state index contributed by atoms with van der Waals surface area (Å²) in [5.41, 5.74) is -0.407. The van der Waals surface area contributed by atoms with Crippen molar-refractivity contribution in [1.29, 1.82) is 0 Å². The van der Waals surface area contributed by atoms with Gasteiger partial charge in [0.25, 0.3) is 0 Å². The molecule has 0 unspecified atom stereocenters. The van der Waals surface area contributed by atoms with Gasteiger partial charge in [-0.2, -0.15) is 0 Å². The van der Waals surface area contributed by atoms with Gasteiger partial charge in [0.2, 0.25) is 0 Å². The van der Waals surface area contributed by atoms with Crippen LogP contribution in [0.5, 0.6) is 0 Å². The van der Waals surface area contributed by atoms with Crippen molar-refractivity contribution in [3.63, 3.8) is 0 Å². The highest BCUT2D eigenvalue weighted by Gasteiger charge is 2.21. The Morgan fingerprint density at radius 1 is 1.30 bits per heavy atom. The maximum Gasteiger partial charge on any atom is 0.334 e. The molecular weight excluding hydrogens is 260 g/mol. The zero-order valence-electron chi connectivity index (χ0n) is 12.5. The molecule has 0 saturated heterocycles. The molecule has 1 aromatic heterocycles. The number of ether oxygens (including phenoxy) is 2. The van der Waals surface area contributed by atoms with E-state index in [-0.39, 0.29) is 12.0 Å². The third-order valence-electron chi connectivity index (χ3n) is 2.28. The van der Waals surface area contributed by atoms with E-state index in [0.717, 1.165) is 5.76 Å². The molecule has 0 aliphatic rings. The SMILES string of the molecule is COC(=O)/C(=C\c1ccc(C)o1)CC(=O)OC(C)(C)C. The zero-order valence-corrected chi connectivity index (χ0v) is 12.5. The minimum Gasteiger partial charge on any atom is -0.466 e. The van der Waals surface area contributed by atoms with Crippen molar-refractivity contribution >= 4 is 18.0 Å². The smallest absolute Gasteiger partial charge is 0.334 e. The van der Waals surface area contributed by atoms with Crippen LogP contribution in [-0.4, -0.2) is 24.6 Å². The predicted molar refractivity (Wildman–Crippen MR) is 73.9 cm³/mol. The predicted octanol–water partition coefficient (Wildman–Crippen LogP) is 2.88. The second-order valence-electron chi connectivity index (χ2n) is 5.37. The first-order valence-corrected chi connectivity index (χ1v) is 6.28. The second-order valence-corrected chi connectivity index (χ2v) is 5.37. The van der Waals surface area contributed by atoms with Crippen LogP contribution >= 0.6 is 0 Å². The Morgan fingerprint density at radius 2 is 1.95 bits per heavy atom. The lowest BCUT2D eigenvalue weighted by atomic mass is 10.1. The van der Waals surface area contributed by atoms with Crippen LogP contribution in [0.2, 0.25) is 0 Å². The lowest BCUT2D eigenvalue weighted by Crippen LogP contribution is -2.24. The topological polar surface area (TPSA) is 65.7 Å². The minimum atomic E-state index is -0.598. The fourth-order valence-corrected chi connectivity index (χ4v) is 1.55. The highest BCUT2D eigenvalue weighted by molar-refractivity contribution is 5.97. The molecule has 0 aliphatic carbocycles. The average Bonchev–Trinajstić information content (AvgIpc) is 2.70. The molecule has 0 radical (unpaired) electrons. The number of hydrogen-bond donors (Lipinski definition) is 0. The molecule has 0 N–H and O–H groups in total. The third kappa shape index (κ3) is 5.30. The number of methoxy groups -OCH3 is 1. The first kappa shape index (κ1) is 16.0. The standard InChI is InChI=1S/C15H20O5/c1-10-6-7-12(19-10)8-11(14(17)18-5)9-13(16)20-15(2,3)4/h6-8H,9H2,1-5H3/b11-8-. The largest absolute Gasteiger partial charge is 0.466 e. The van der Waals surface area contributed by atoms with Gasteiger partial charge in [0, 0.05) is 0 Å². The maximum atomic E-state index is 11.8. The summed E-state index contributed by atoms with van der Waals surface area (Å²) < 4.78 is 15.2. The molecule has 20 heavy (non-hydrogen) atoms. The molecule has 5 heteroatoms. The van der Waals surface area contributed by atoms with Crippen molar-refractivity contribution in [2.75, 3.05) is 7.11 Å². The molecule has 1 rings (SSSR count). The Kier molecular flexibility index (Phi) is 5.13. The Bertz CT molecular complexity index is 517. The average molecular weight is 280 g/mol. The van der Waals surface area contributed by atoms with Gasteiger partial charge in [0.1, 0.15) is 17.1 Å². The number of carbonyl (C=O) groups excluding carboxylic acids is 2. The highest BCUT2D eigenvalue weighted by atomic mass is 16.6. The molecule has 1 heterocycles. The number of rotatable bonds is 4. The van der Waals surface area contributed by atoms with Crippen molar-refractivity contribution in [1.82, 2.24) is 0 Å². The van der Waals surface area contributed by atoms with Crippen molar-refractivity contribution in [3.8, 4) is 0 Å². The van der Waals surface area contributed by atoms with Crippen LogP contribution in [0.3, 0.4) is 0 Å². The summed E-state index contributed by atoms with van der Waals surface area (Å²) in [5, 5.41) is 0. The monoisotopic (exact) mass is 280 g/mol. The summed E-state index contributed by atoms with van der Waals surface area (Å²) in [6.07, 6.45) is 1.33. The van der Waals surface area contributed by atoms with Crippen LogP contribution in [0.4, 0.5) is 0 Å². The Hall–Kier alpha value is -2.04. The number of hydrogen-bond acceptors (Lipinski definition) is 5. The maximum absolute atomic E-state index is 11.8. The molecule has 0 spiro atoms. The van der Waals surface area contributed by atoms with Crippen LogP contribution in [0.15, 0.2) is 22.1 Å². The van der Waals surface area contributed by atoms with E-state index in [1.54, 1.807) is 39.8 Å². The molecule has 0 aliphatic heterocycles. The van der Waals surface area contributed by atoms with Gasteiger partial charge in [-0.25, -0.2) is 4.79 Å². The van der Waals surface area contributed by atoms with E-state index in [0.29, 0.717) is 5.76 Å². The normalized spacial score (nSPS) is 12.2. The molecule has 0 fully saturated rings. The molecule has 0 atom stereocenters. The number of aryl methyl sites for hydroxylation is 1. The lowest BCUT2D eigenvalue weighted by molar-refractivity contribution is -0.155. The summed E-state index contributed by atoms with van der Waals surface area (Å²) >= 11 is 0. The number of furan rings is 1. The summed E-state index contributed by atoms with van der Waals surface area (Å²) in [6.45, 7) is 7.09. The Labute approximate surface area is 118 Å². The molecule has 5 nitrogen and oxygen atoms in total. The first-order valence-electron chi connectivity index (χ1n) is 6.28. The number of esters is 2. The van der Waals surface area contributed by atoms with Gasteiger partial charge in [-0.15, -0.1) is 0 Å². The third-order valence-corrected chi connectivity index (χ3v) is 2.28. The van der Waals surface area contributed by atoms with E-state index in [9.17, 15) is 9.59 Å². The van der Waals surface area contributed by atoms with E-state index >= 15 is 0 Å². The summed E-state index contributed by atoms with van der Waals surface area (Å²) in [5.74, 6) is 0.145. The molecule has 110 valence electrons. The fourth-order valence-electron chi connectivity index (χ4n) is 1.55. The zero-order chi connectivity index (χ0) is 15.3. The Balaban J connectivity index is 2.88. The van der Waals surface area contributed by atoms with E-state index in [4.69, 9.17) is 9.15 Å². The summed E-state index contributed by atoms with van der Waals surface area (Å²) in [6, 6.07) is 3.49. The lowest BCUT2D eigenvalue weighted by Gasteiger charge is -2.19. The molecular formula is C15H20O5. The van der Waals surface area contributed by atoms with Crippen molar-refractivity contribution in [2.24, 2.45) is 0 Å². The van der Waals surface area contributed by atoms with E-state index < -0.39 is 17.5 Å². The highest BCUT2D eigenvalue weighted by Crippen LogP contribution is 2.17. The molecule has 0 bridgehead atoms. The molecule has 1 aromatic rings. The van der Waals surface area contributed by atoms with Gasteiger partial charge >= 0.3 is 11.9 Å². The van der Waals surface area contributed by atoms with Crippen LogP contribution in [0, 0.1) is 6.92 Å². The summed E-state index contributed by atoms with van der Waals surface area (Å²) in [4.78, 5) is 23.5. The van der Waals surface area contributed by atoms with Crippen molar-refractivity contribution < 1.29 is 23.5 Å².